The van der Waals surface area contributed by atoms with Crippen molar-refractivity contribution in [2.24, 2.45) is 0 Å². The third kappa shape index (κ3) is 3.86. The highest BCUT2D eigenvalue weighted by molar-refractivity contribution is 5.78. The van der Waals surface area contributed by atoms with Crippen LogP contribution in [0.15, 0.2) is 42.5 Å². The number of hydrogen-bond donors (Lipinski definition) is 1. The molecule has 0 aliphatic heterocycles. The smallest absolute Gasteiger partial charge is 0.224 e. The number of amides is 1. The maximum atomic E-state index is 13.4. The van der Waals surface area contributed by atoms with Crippen molar-refractivity contribution in [1.29, 1.82) is 5.26 Å². The molecule has 0 saturated heterocycles. The van der Waals surface area contributed by atoms with Gasteiger partial charge < -0.3 is 5.32 Å². The van der Waals surface area contributed by atoms with Gasteiger partial charge in [0.2, 0.25) is 5.91 Å². The van der Waals surface area contributed by atoms with Crippen molar-refractivity contribution >= 4 is 5.91 Å². The molecule has 0 bridgehead atoms. The molecule has 106 valence electrons. The van der Waals surface area contributed by atoms with E-state index >= 15 is 0 Å². The van der Waals surface area contributed by atoms with Crippen LogP contribution in [0.4, 0.5) is 8.78 Å². The molecule has 1 amide bonds. The number of nitrogens with zero attached hydrogens (tertiary/aromatic N) is 1. The molecule has 1 N–H and O–H groups in total. The van der Waals surface area contributed by atoms with Gasteiger partial charge in [0.25, 0.3) is 0 Å². The predicted octanol–water partition coefficient (Wildman–Crippen LogP) is 2.70. The summed E-state index contributed by atoms with van der Waals surface area (Å²) in [6, 6.07) is 12.2. The molecule has 0 fully saturated rings. The summed E-state index contributed by atoms with van der Waals surface area (Å²) in [5.41, 5.74) is 0.985. The number of rotatable bonds is 4. The minimum absolute atomic E-state index is 0.199. The van der Waals surface area contributed by atoms with Crippen LogP contribution in [-0.2, 0) is 17.8 Å². The lowest BCUT2D eigenvalue weighted by molar-refractivity contribution is -0.120. The quantitative estimate of drug-likeness (QED) is 0.939. The molecule has 2 aromatic rings. The highest BCUT2D eigenvalue weighted by Crippen LogP contribution is 2.12. The minimum Gasteiger partial charge on any atom is -0.352 e. The van der Waals surface area contributed by atoms with Gasteiger partial charge in [-0.1, -0.05) is 18.2 Å². The summed E-state index contributed by atoms with van der Waals surface area (Å²) in [4.78, 5) is 11.7. The van der Waals surface area contributed by atoms with Crippen molar-refractivity contribution in [3.63, 3.8) is 0 Å². The monoisotopic (exact) mass is 286 g/mol. The molecule has 0 spiro atoms. The number of hydrogen-bond acceptors (Lipinski definition) is 2. The Hall–Kier alpha value is -2.74. The maximum Gasteiger partial charge on any atom is 0.224 e. The van der Waals surface area contributed by atoms with E-state index < -0.39 is 17.5 Å². The Balaban J connectivity index is 1.98. The summed E-state index contributed by atoms with van der Waals surface area (Å²) in [6.45, 7) is 0.199. The number of halogens is 2. The summed E-state index contributed by atoms with van der Waals surface area (Å²) in [5.74, 6) is -1.96. The molecular weight excluding hydrogens is 274 g/mol. The fourth-order valence-corrected chi connectivity index (χ4v) is 1.88. The highest BCUT2D eigenvalue weighted by atomic mass is 19.1. The molecule has 2 rings (SSSR count). The first kappa shape index (κ1) is 14.7. The van der Waals surface area contributed by atoms with E-state index in [9.17, 15) is 13.6 Å². The van der Waals surface area contributed by atoms with Crippen LogP contribution in [0.2, 0.25) is 0 Å². The largest absolute Gasteiger partial charge is 0.352 e. The van der Waals surface area contributed by atoms with Gasteiger partial charge in [-0.3, -0.25) is 4.79 Å². The molecule has 0 aromatic heterocycles. The lowest BCUT2D eigenvalue weighted by Gasteiger charge is -2.07. The van der Waals surface area contributed by atoms with Crippen molar-refractivity contribution in [2.75, 3.05) is 0 Å². The van der Waals surface area contributed by atoms with Gasteiger partial charge in [-0.15, -0.1) is 0 Å². The Morgan fingerprint density at radius 1 is 1.14 bits per heavy atom. The first-order valence-corrected chi connectivity index (χ1v) is 6.29. The van der Waals surface area contributed by atoms with Gasteiger partial charge in [0.15, 0.2) is 0 Å². The second-order valence-corrected chi connectivity index (χ2v) is 4.47. The van der Waals surface area contributed by atoms with Crippen molar-refractivity contribution in [1.82, 2.24) is 5.32 Å². The molecule has 0 heterocycles. The molecule has 0 unspecified atom stereocenters. The summed E-state index contributed by atoms with van der Waals surface area (Å²) in [5, 5.41) is 11.3. The molecule has 2 aromatic carbocycles. The Bertz CT molecular complexity index is 687. The van der Waals surface area contributed by atoms with Crippen LogP contribution in [0.1, 0.15) is 16.7 Å². The zero-order chi connectivity index (χ0) is 15.2. The van der Waals surface area contributed by atoms with Crippen LogP contribution >= 0.6 is 0 Å². The number of carbonyl (C=O) groups excluding carboxylic acids is 1. The summed E-state index contributed by atoms with van der Waals surface area (Å²) in [7, 11) is 0. The van der Waals surface area contributed by atoms with E-state index in [0.29, 0.717) is 5.56 Å². The van der Waals surface area contributed by atoms with E-state index in [1.54, 1.807) is 24.3 Å². The highest BCUT2D eigenvalue weighted by Gasteiger charge is 2.12. The normalized spacial score (nSPS) is 9.95. The summed E-state index contributed by atoms with van der Waals surface area (Å²) in [6.07, 6.45) is -0.365. The molecular formula is C16H12F2N2O. The van der Waals surface area contributed by atoms with Gasteiger partial charge in [-0.05, 0) is 29.8 Å². The standard InChI is InChI=1S/C16H12F2N2O/c17-14-5-2-6-15(18)13(14)8-16(21)20-10-12-4-1-3-11(7-12)9-19/h1-7H,8,10H2,(H,20,21). The number of carbonyl (C=O) groups is 1. The zero-order valence-corrected chi connectivity index (χ0v) is 11.1. The van der Waals surface area contributed by atoms with Crippen LogP contribution < -0.4 is 5.32 Å². The van der Waals surface area contributed by atoms with E-state index in [1.165, 1.54) is 6.07 Å². The number of nitriles is 1. The molecule has 0 aliphatic carbocycles. The first-order chi connectivity index (χ1) is 10.1. The van der Waals surface area contributed by atoms with E-state index in [4.69, 9.17) is 5.26 Å². The second kappa shape index (κ2) is 6.62. The van der Waals surface area contributed by atoms with Crippen LogP contribution in [0.3, 0.4) is 0 Å². The van der Waals surface area contributed by atoms with Gasteiger partial charge in [-0.2, -0.15) is 5.26 Å². The van der Waals surface area contributed by atoms with Crippen molar-refractivity contribution < 1.29 is 13.6 Å². The van der Waals surface area contributed by atoms with Gasteiger partial charge >= 0.3 is 0 Å². The van der Waals surface area contributed by atoms with Gasteiger partial charge in [0.05, 0.1) is 18.1 Å². The fraction of sp³-hybridized carbons (Fsp3) is 0.125. The fourth-order valence-electron chi connectivity index (χ4n) is 1.88. The van der Waals surface area contributed by atoms with Gasteiger partial charge in [0.1, 0.15) is 11.6 Å². The summed E-state index contributed by atoms with van der Waals surface area (Å²) < 4.78 is 26.8. The van der Waals surface area contributed by atoms with Gasteiger partial charge in [-0.25, -0.2) is 8.78 Å². The van der Waals surface area contributed by atoms with E-state index in [-0.39, 0.29) is 18.5 Å². The summed E-state index contributed by atoms with van der Waals surface area (Å²) >= 11 is 0. The topological polar surface area (TPSA) is 52.9 Å². The van der Waals surface area contributed by atoms with Crippen LogP contribution in [0.25, 0.3) is 0 Å². The molecule has 0 saturated carbocycles. The van der Waals surface area contributed by atoms with Gasteiger partial charge in [0, 0.05) is 12.1 Å². The Morgan fingerprint density at radius 2 is 1.81 bits per heavy atom. The maximum absolute atomic E-state index is 13.4. The van der Waals surface area contributed by atoms with Crippen molar-refractivity contribution in [2.45, 2.75) is 13.0 Å². The molecule has 0 atom stereocenters. The van der Waals surface area contributed by atoms with Crippen LogP contribution in [0.5, 0.6) is 0 Å². The lowest BCUT2D eigenvalue weighted by Crippen LogP contribution is -2.25. The number of benzene rings is 2. The Kier molecular flexibility index (Phi) is 4.62. The van der Waals surface area contributed by atoms with Crippen LogP contribution in [-0.4, -0.2) is 5.91 Å². The van der Waals surface area contributed by atoms with E-state index in [1.807, 2.05) is 6.07 Å². The molecule has 3 nitrogen and oxygen atoms in total. The van der Waals surface area contributed by atoms with E-state index in [0.717, 1.165) is 17.7 Å². The number of nitrogens with one attached hydrogen (secondary N) is 1. The van der Waals surface area contributed by atoms with Crippen LogP contribution in [0, 0.1) is 23.0 Å². The van der Waals surface area contributed by atoms with Crippen molar-refractivity contribution in [3.05, 3.63) is 70.8 Å². The van der Waals surface area contributed by atoms with Crippen molar-refractivity contribution in [3.8, 4) is 6.07 Å². The first-order valence-electron chi connectivity index (χ1n) is 6.29. The third-order valence-electron chi connectivity index (χ3n) is 2.94. The Labute approximate surface area is 120 Å². The SMILES string of the molecule is N#Cc1cccc(CNC(=O)Cc2c(F)cccc2F)c1. The predicted molar refractivity (Wildman–Crippen MR) is 73.1 cm³/mol. The molecule has 0 radical (unpaired) electrons. The molecule has 21 heavy (non-hydrogen) atoms. The Morgan fingerprint density at radius 3 is 2.48 bits per heavy atom. The third-order valence-corrected chi connectivity index (χ3v) is 2.94. The molecule has 0 aliphatic rings. The minimum atomic E-state index is -0.739. The zero-order valence-electron chi connectivity index (χ0n) is 11.1. The van der Waals surface area contributed by atoms with E-state index in [2.05, 4.69) is 5.32 Å². The average molecular weight is 286 g/mol. The average Bonchev–Trinajstić information content (AvgIpc) is 2.49. The molecule has 5 heteroatoms. The lowest BCUT2D eigenvalue weighted by atomic mass is 10.1. The second-order valence-electron chi connectivity index (χ2n) is 4.47.